The lowest BCUT2D eigenvalue weighted by atomic mass is 9.84. The van der Waals surface area contributed by atoms with Gasteiger partial charge in [-0.15, -0.1) is 12.4 Å². The molecule has 1 rings (SSSR count). The first kappa shape index (κ1) is 12.1. The van der Waals surface area contributed by atoms with Crippen molar-refractivity contribution in [1.82, 2.24) is 0 Å². The first-order chi connectivity index (χ1) is 5.22. The number of hydrogen-bond acceptors (Lipinski definition) is 1. The maximum atomic E-state index is 12.1. The quantitative estimate of drug-likeness (QED) is 0.727. The first-order valence-electron chi connectivity index (χ1n) is 4.25. The van der Waals surface area contributed by atoms with Crippen molar-refractivity contribution in [2.75, 3.05) is 0 Å². The van der Waals surface area contributed by atoms with Crippen LogP contribution in [0.15, 0.2) is 0 Å². The Labute approximate surface area is 78.1 Å². The largest absolute Gasteiger partial charge is 0.323 e. The minimum atomic E-state index is -2.34. The molecule has 0 saturated heterocycles. The summed E-state index contributed by atoms with van der Waals surface area (Å²) >= 11 is 0. The van der Waals surface area contributed by atoms with Gasteiger partial charge in [0.2, 0.25) is 0 Å². The molecule has 1 unspecified atom stereocenters. The molecule has 1 aliphatic carbocycles. The van der Waals surface area contributed by atoms with Crippen LogP contribution < -0.4 is 5.73 Å². The van der Waals surface area contributed by atoms with Gasteiger partial charge in [0.25, 0.3) is 6.43 Å². The summed E-state index contributed by atoms with van der Waals surface area (Å²) in [4.78, 5) is 0. The van der Waals surface area contributed by atoms with Crippen molar-refractivity contribution >= 4 is 12.4 Å². The molecular formula is C8H16ClF2N. The SMILES string of the molecule is Cl.NC(C(F)F)C1CCCCC1. The van der Waals surface area contributed by atoms with Gasteiger partial charge in [-0.3, -0.25) is 0 Å². The maximum absolute atomic E-state index is 12.1. The van der Waals surface area contributed by atoms with E-state index in [2.05, 4.69) is 0 Å². The van der Waals surface area contributed by atoms with Crippen molar-refractivity contribution in [3.8, 4) is 0 Å². The Morgan fingerprint density at radius 3 is 2.00 bits per heavy atom. The summed E-state index contributed by atoms with van der Waals surface area (Å²) < 4.78 is 24.2. The minimum absolute atomic E-state index is 0. The second-order valence-corrected chi connectivity index (χ2v) is 3.31. The van der Waals surface area contributed by atoms with Gasteiger partial charge in [0.1, 0.15) is 0 Å². The Hall–Kier alpha value is 0.110. The summed E-state index contributed by atoms with van der Waals surface area (Å²) in [7, 11) is 0. The van der Waals surface area contributed by atoms with Crippen molar-refractivity contribution in [3.05, 3.63) is 0 Å². The number of alkyl halides is 2. The van der Waals surface area contributed by atoms with Crippen LogP contribution in [0.2, 0.25) is 0 Å². The van der Waals surface area contributed by atoms with Gasteiger partial charge in [-0.1, -0.05) is 19.3 Å². The lowest BCUT2D eigenvalue weighted by molar-refractivity contribution is 0.0774. The second-order valence-electron chi connectivity index (χ2n) is 3.31. The molecule has 0 spiro atoms. The standard InChI is InChI=1S/C8H15F2N.ClH/c9-8(10)7(11)6-4-2-1-3-5-6;/h6-8H,1-5,11H2;1H. The van der Waals surface area contributed by atoms with Crippen molar-refractivity contribution in [1.29, 1.82) is 0 Å². The zero-order valence-corrected chi connectivity index (χ0v) is 7.83. The lowest BCUT2D eigenvalue weighted by Gasteiger charge is -2.26. The molecule has 1 nitrogen and oxygen atoms in total. The fourth-order valence-electron chi connectivity index (χ4n) is 1.72. The van der Waals surface area contributed by atoms with Gasteiger partial charge in [0.15, 0.2) is 0 Å². The van der Waals surface area contributed by atoms with Crippen LogP contribution in [-0.2, 0) is 0 Å². The zero-order chi connectivity index (χ0) is 8.27. The molecule has 0 aromatic carbocycles. The van der Waals surface area contributed by atoms with E-state index in [0.717, 1.165) is 25.7 Å². The van der Waals surface area contributed by atoms with Crippen LogP contribution in [0.5, 0.6) is 0 Å². The van der Waals surface area contributed by atoms with Crippen LogP contribution in [0.3, 0.4) is 0 Å². The Bertz CT molecular complexity index is 116. The van der Waals surface area contributed by atoms with Crippen LogP contribution in [0.1, 0.15) is 32.1 Å². The molecule has 74 valence electrons. The zero-order valence-electron chi connectivity index (χ0n) is 7.01. The van der Waals surface area contributed by atoms with Crippen LogP contribution in [-0.4, -0.2) is 12.5 Å². The normalized spacial score (nSPS) is 22.0. The average Bonchev–Trinajstić information content (AvgIpc) is 2.05. The maximum Gasteiger partial charge on any atom is 0.253 e. The third-order valence-corrected chi connectivity index (χ3v) is 2.49. The van der Waals surface area contributed by atoms with Crippen LogP contribution in [0.4, 0.5) is 8.78 Å². The van der Waals surface area contributed by atoms with Crippen LogP contribution >= 0.6 is 12.4 Å². The molecule has 12 heavy (non-hydrogen) atoms. The smallest absolute Gasteiger partial charge is 0.253 e. The molecule has 0 aliphatic heterocycles. The molecule has 0 aromatic rings. The Morgan fingerprint density at radius 1 is 1.08 bits per heavy atom. The van der Waals surface area contributed by atoms with Gasteiger partial charge in [-0.2, -0.15) is 0 Å². The summed E-state index contributed by atoms with van der Waals surface area (Å²) in [5, 5.41) is 0. The number of halogens is 3. The molecule has 0 aromatic heterocycles. The highest BCUT2D eigenvalue weighted by molar-refractivity contribution is 5.85. The van der Waals surface area contributed by atoms with Crippen LogP contribution in [0.25, 0.3) is 0 Å². The van der Waals surface area contributed by atoms with E-state index in [1.54, 1.807) is 0 Å². The Kier molecular flexibility index (Phi) is 5.76. The number of nitrogens with two attached hydrogens (primary N) is 1. The van der Waals surface area contributed by atoms with Crippen molar-refractivity contribution < 1.29 is 8.78 Å². The third-order valence-electron chi connectivity index (χ3n) is 2.49. The molecule has 1 fully saturated rings. The van der Waals surface area contributed by atoms with E-state index in [-0.39, 0.29) is 18.3 Å². The molecule has 0 heterocycles. The summed E-state index contributed by atoms with van der Waals surface area (Å²) in [6, 6.07) is -0.879. The molecule has 1 atom stereocenters. The molecular weight excluding hydrogens is 184 g/mol. The average molecular weight is 200 g/mol. The van der Waals surface area contributed by atoms with E-state index in [4.69, 9.17) is 5.73 Å². The van der Waals surface area contributed by atoms with E-state index in [1.165, 1.54) is 6.42 Å². The molecule has 1 saturated carbocycles. The summed E-state index contributed by atoms with van der Waals surface area (Å²) in [5.74, 6) is 0.0729. The van der Waals surface area contributed by atoms with E-state index in [0.29, 0.717) is 0 Å². The molecule has 0 radical (unpaired) electrons. The van der Waals surface area contributed by atoms with Gasteiger partial charge < -0.3 is 5.73 Å². The van der Waals surface area contributed by atoms with Crippen molar-refractivity contribution in [2.24, 2.45) is 11.7 Å². The fourth-order valence-corrected chi connectivity index (χ4v) is 1.72. The summed E-state index contributed by atoms with van der Waals surface area (Å²) in [6.45, 7) is 0. The highest BCUT2D eigenvalue weighted by Crippen LogP contribution is 2.27. The van der Waals surface area contributed by atoms with E-state index in [1.807, 2.05) is 0 Å². The topological polar surface area (TPSA) is 26.0 Å². The molecule has 1 aliphatic rings. The monoisotopic (exact) mass is 199 g/mol. The van der Waals surface area contributed by atoms with Gasteiger partial charge in [-0.25, -0.2) is 8.78 Å². The van der Waals surface area contributed by atoms with E-state index < -0.39 is 12.5 Å². The van der Waals surface area contributed by atoms with Crippen molar-refractivity contribution in [2.45, 2.75) is 44.6 Å². The minimum Gasteiger partial charge on any atom is -0.323 e. The fraction of sp³-hybridized carbons (Fsp3) is 1.00. The Balaban J connectivity index is 0.00000121. The van der Waals surface area contributed by atoms with Gasteiger partial charge in [0, 0.05) is 0 Å². The Morgan fingerprint density at radius 2 is 1.58 bits per heavy atom. The number of hydrogen-bond donors (Lipinski definition) is 1. The second kappa shape index (κ2) is 5.70. The van der Waals surface area contributed by atoms with Crippen molar-refractivity contribution in [3.63, 3.8) is 0 Å². The summed E-state index contributed by atoms with van der Waals surface area (Å²) in [5.41, 5.74) is 5.34. The highest BCUT2D eigenvalue weighted by Gasteiger charge is 2.26. The van der Waals surface area contributed by atoms with Gasteiger partial charge in [-0.05, 0) is 18.8 Å². The molecule has 0 amide bonds. The van der Waals surface area contributed by atoms with Crippen LogP contribution in [0, 0.1) is 5.92 Å². The number of rotatable bonds is 2. The third kappa shape index (κ3) is 3.23. The lowest BCUT2D eigenvalue weighted by Crippen LogP contribution is -2.37. The predicted molar refractivity (Wildman–Crippen MR) is 47.8 cm³/mol. The van der Waals surface area contributed by atoms with Gasteiger partial charge >= 0.3 is 0 Å². The summed E-state index contributed by atoms with van der Waals surface area (Å²) in [6.07, 6.45) is 2.79. The molecule has 2 N–H and O–H groups in total. The molecule has 4 heteroatoms. The van der Waals surface area contributed by atoms with E-state index >= 15 is 0 Å². The van der Waals surface area contributed by atoms with E-state index in [9.17, 15) is 8.78 Å². The molecule has 0 bridgehead atoms. The van der Waals surface area contributed by atoms with Gasteiger partial charge in [0.05, 0.1) is 6.04 Å². The predicted octanol–water partition coefficient (Wildman–Crippen LogP) is 2.58. The highest BCUT2D eigenvalue weighted by atomic mass is 35.5. The first-order valence-corrected chi connectivity index (χ1v) is 4.25.